The van der Waals surface area contributed by atoms with Crippen molar-refractivity contribution in [3.63, 3.8) is 0 Å². The molecule has 140 valence electrons. The summed E-state index contributed by atoms with van der Waals surface area (Å²) >= 11 is 6.51. The van der Waals surface area contributed by atoms with E-state index >= 15 is 0 Å². The van der Waals surface area contributed by atoms with Gasteiger partial charge in [-0.05, 0) is 36.6 Å². The summed E-state index contributed by atoms with van der Waals surface area (Å²) < 4.78 is 1.52. The molecule has 2 N–H and O–H groups in total. The molecule has 0 radical (unpaired) electrons. The van der Waals surface area contributed by atoms with E-state index in [9.17, 15) is 9.59 Å². The van der Waals surface area contributed by atoms with Crippen LogP contribution in [-0.2, 0) is 4.79 Å². The van der Waals surface area contributed by atoms with E-state index in [0.29, 0.717) is 28.4 Å². The summed E-state index contributed by atoms with van der Waals surface area (Å²) in [5.41, 5.74) is 3.43. The average molecular weight is 392 g/mol. The molecule has 2 aromatic carbocycles. The predicted molar refractivity (Wildman–Crippen MR) is 109 cm³/mol. The number of para-hydroxylation sites is 1. The van der Waals surface area contributed by atoms with E-state index in [1.807, 2.05) is 48.5 Å². The second kappa shape index (κ2) is 6.53. The van der Waals surface area contributed by atoms with Crippen molar-refractivity contribution in [3.8, 4) is 5.69 Å². The second-order valence-corrected chi connectivity index (χ2v) is 7.53. The first kappa shape index (κ1) is 17.1. The SMILES string of the molecule is O=C1CCCC2=C1[C@@H](c1ccccc1Cl)c1c([nH]n(-c3ccccc3)c1=O)N2. The maximum absolute atomic E-state index is 13.4. The van der Waals surface area contributed by atoms with Gasteiger partial charge in [0.15, 0.2) is 5.78 Å². The van der Waals surface area contributed by atoms with Gasteiger partial charge in [0.25, 0.3) is 5.56 Å². The van der Waals surface area contributed by atoms with Crippen molar-refractivity contribution in [2.75, 3.05) is 5.32 Å². The van der Waals surface area contributed by atoms with Crippen molar-refractivity contribution in [1.82, 2.24) is 9.78 Å². The molecule has 0 unspecified atom stereocenters. The number of ketones is 1. The number of fused-ring (bicyclic) bond motifs is 1. The van der Waals surface area contributed by atoms with Crippen LogP contribution in [0.4, 0.5) is 5.82 Å². The standard InChI is InChI=1S/C22H18ClN3O2/c23-15-10-5-4-9-14(15)18-19-16(11-6-12-17(19)27)24-21-20(18)22(28)26(25-21)13-7-2-1-3-8-13/h1-5,7-10,18,24-25H,6,11-12H2/t18-/m1/s1. The summed E-state index contributed by atoms with van der Waals surface area (Å²) in [6.45, 7) is 0. The van der Waals surface area contributed by atoms with Crippen LogP contribution >= 0.6 is 11.6 Å². The number of nitrogens with zero attached hydrogens (tertiary/aromatic N) is 1. The molecule has 0 spiro atoms. The van der Waals surface area contributed by atoms with Gasteiger partial charge >= 0.3 is 0 Å². The van der Waals surface area contributed by atoms with Gasteiger partial charge in [-0.25, -0.2) is 4.68 Å². The van der Waals surface area contributed by atoms with Gasteiger partial charge in [-0.2, -0.15) is 0 Å². The van der Waals surface area contributed by atoms with E-state index in [1.54, 1.807) is 6.07 Å². The minimum atomic E-state index is -0.471. The number of halogens is 1. The fourth-order valence-electron chi connectivity index (χ4n) is 4.22. The Bertz CT molecular complexity index is 1170. The molecule has 2 aliphatic rings. The van der Waals surface area contributed by atoms with Gasteiger partial charge in [-0.15, -0.1) is 0 Å². The molecule has 6 heteroatoms. The highest BCUT2D eigenvalue weighted by Crippen LogP contribution is 2.45. The molecule has 5 rings (SSSR count). The molecule has 1 atom stereocenters. The molecular weight excluding hydrogens is 374 g/mol. The third kappa shape index (κ3) is 2.54. The molecule has 3 aromatic rings. The van der Waals surface area contributed by atoms with E-state index in [2.05, 4.69) is 10.4 Å². The zero-order chi connectivity index (χ0) is 19.3. The number of carbonyl (C=O) groups excluding carboxylic acids is 1. The molecule has 28 heavy (non-hydrogen) atoms. The zero-order valence-electron chi connectivity index (χ0n) is 15.0. The molecule has 0 amide bonds. The van der Waals surface area contributed by atoms with Crippen LogP contribution in [0.5, 0.6) is 0 Å². The van der Waals surface area contributed by atoms with Crippen molar-refractivity contribution < 1.29 is 4.79 Å². The van der Waals surface area contributed by atoms with Gasteiger partial charge < -0.3 is 5.32 Å². The van der Waals surface area contributed by atoms with Crippen molar-refractivity contribution in [2.24, 2.45) is 0 Å². The quantitative estimate of drug-likeness (QED) is 0.681. The second-order valence-electron chi connectivity index (χ2n) is 7.13. The van der Waals surface area contributed by atoms with Crippen LogP contribution in [0.15, 0.2) is 70.7 Å². The molecule has 0 saturated carbocycles. The summed E-state index contributed by atoms with van der Waals surface area (Å²) in [6, 6.07) is 16.8. The molecule has 1 aliphatic carbocycles. The van der Waals surface area contributed by atoms with Crippen LogP contribution in [-0.4, -0.2) is 15.6 Å². The normalized spacial score (nSPS) is 18.5. The number of Topliss-reactive ketones (excluding diaryl/α,β-unsaturated/α-hetero) is 1. The lowest BCUT2D eigenvalue weighted by atomic mass is 9.77. The van der Waals surface area contributed by atoms with Crippen molar-refractivity contribution >= 4 is 23.2 Å². The average Bonchev–Trinajstić information content (AvgIpc) is 3.04. The monoisotopic (exact) mass is 391 g/mol. The van der Waals surface area contributed by atoms with Gasteiger partial charge in [-0.3, -0.25) is 14.7 Å². The van der Waals surface area contributed by atoms with Crippen molar-refractivity contribution in [1.29, 1.82) is 0 Å². The van der Waals surface area contributed by atoms with Crippen molar-refractivity contribution in [3.05, 3.63) is 92.4 Å². The lowest BCUT2D eigenvalue weighted by molar-refractivity contribution is -0.116. The Morgan fingerprint density at radius 2 is 1.71 bits per heavy atom. The smallest absolute Gasteiger partial charge is 0.277 e. The van der Waals surface area contributed by atoms with Crippen LogP contribution < -0.4 is 10.9 Å². The molecular formula is C22H18ClN3O2. The van der Waals surface area contributed by atoms with E-state index < -0.39 is 5.92 Å². The summed E-state index contributed by atoms with van der Waals surface area (Å²) in [5.74, 6) is 0.241. The highest BCUT2D eigenvalue weighted by Gasteiger charge is 2.39. The molecule has 0 saturated heterocycles. The maximum atomic E-state index is 13.4. The predicted octanol–water partition coefficient (Wildman–Crippen LogP) is 4.38. The lowest BCUT2D eigenvalue weighted by Gasteiger charge is -2.31. The number of benzene rings is 2. The first-order valence-electron chi connectivity index (χ1n) is 9.33. The number of carbonyl (C=O) groups is 1. The van der Waals surface area contributed by atoms with E-state index in [0.717, 1.165) is 29.8 Å². The fraction of sp³-hybridized carbons (Fsp3) is 0.182. The first-order valence-corrected chi connectivity index (χ1v) is 9.71. The summed E-state index contributed by atoms with van der Waals surface area (Å²) in [4.78, 5) is 26.3. The minimum Gasteiger partial charge on any atom is -0.343 e. The summed E-state index contributed by atoms with van der Waals surface area (Å²) in [5, 5.41) is 7.06. The molecule has 5 nitrogen and oxygen atoms in total. The number of allylic oxidation sites excluding steroid dienone is 2. The Morgan fingerprint density at radius 3 is 2.50 bits per heavy atom. The van der Waals surface area contributed by atoms with Gasteiger partial charge in [-0.1, -0.05) is 48.0 Å². The Balaban J connectivity index is 1.78. The topological polar surface area (TPSA) is 66.9 Å². The van der Waals surface area contributed by atoms with Crippen LogP contribution in [0.1, 0.15) is 36.3 Å². The van der Waals surface area contributed by atoms with Gasteiger partial charge in [0, 0.05) is 28.6 Å². The van der Waals surface area contributed by atoms with Crippen LogP contribution in [0.25, 0.3) is 5.69 Å². The Kier molecular flexibility index (Phi) is 3.98. The van der Waals surface area contributed by atoms with Crippen LogP contribution in [0.3, 0.4) is 0 Å². The summed E-state index contributed by atoms with van der Waals surface area (Å²) in [6.07, 6.45) is 2.08. The Morgan fingerprint density at radius 1 is 0.964 bits per heavy atom. The first-order chi connectivity index (χ1) is 13.6. The van der Waals surface area contributed by atoms with E-state index in [4.69, 9.17) is 11.6 Å². The Labute approximate surface area is 166 Å². The maximum Gasteiger partial charge on any atom is 0.277 e. The molecule has 1 aromatic heterocycles. The van der Waals surface area contributed by atoms with E-state index in [-0.39, 0.29) is 11.3 Å². The van der Waals surface area contributed by atoms with Gasteiger partial charge in [0.05, 0.1) is 11.3 Å². The molecule has 1 aliphatic heterocycles. The number of H-pyrrole nitrogens is 1. The Hall–Kier alpha value is -3.05. The highest BCUT2D eigenvalue weighted by molar-refractivity contribution is 6.31. The van der Waals surface area contributed by atoms with E-state index in [1.165, 1.54) is 4.68 Å². The molecule has 2 heterocycles. The minimum absolute atomic E-state index is 0.0798. The third-order valence-corrected chi connectivity index (χ3v) is 5.81. The number of anilines is 1. The molecule has 0 bridgehead atoms. The van der Waals surface area contributed by atoms with Crippen molar-refractivity contribution in [2.45, 2.75) is 25.2 Å². The van der Waals surface area contributed by atoms with Gasteiger partial charge in [0.2, 0.25) is 0 Å². The fourth-order valence-corrected chi connectivity index (χ4v) is 4.46. The third-order valence-electron chi connectivity index (χ3n) is 5.47. The number of hydrogen-bond acceptors (Lipinski definition) is 3. The largest absolute Gasteiger partial charge is 0.343 e. The summed E-state index contributed by atoms with van der Waals surface area (Å²) in [7, 11) is 0. The number of nitrogens with one attached hydrogen (secondary N) is 2. The number of hydrogen-bond donors (Lipinski definition) is 2. The number of aromatic amines is 1. The zero-order valence-corrected chi connectivity index (χ0v) is 15.8. The molecule has 0 fully saturated rings. The van der Waals surface area contributed by atoms with Crippen LogP contribution in [0, 0.1) is 0 Å². The lowest BCUT2D eigenvalue weighted by Crippen LogP contribution is -2.30. The van der Waals surface area contributed by atoms with Gasteiger partial charge in [0.1, 0.15) is 5.82 Å². The number of aromatic nitrogens is 2. The van der Waals surface area contributed by atoms with Crippen LogP contribution in [0.2, 0.25) is 5.02 Å². The highest BCUT2D eigenvalue weighted by atomic mass is 35.5. The number of rotatable bonds is 2.